The van der Waals surface area contributed by atoms with Crippen molar-refractivity contribution >= 4 is 5.97 Å². The fourth-order valence-electron chi connectivity index (χ4n) is 2.46. The number of hydrogen-bond acceptors (Lipinski definition) is 9. The van der Waals surface area contributed by atoms with Crippen LogP contribution in [0.3, 0.4) is 0 Å². The van der Waals surface area contributed by atoms with Crippen LogP contribution in [0.15, 0.2) is 12.1 Å². The van der Waals surface area contributed by atoms with E-state index in [9.17, 15) is 20.1 Å². The highest BCUT2D eigenvalue weighted by Gasteiger charge is 2.43. The van der Waals surface area contributed by atoms with Crippen molar-refractivity contribution in [2.75, 3.05) is 21.3 Å². The van der Waals surface area contributed by atoms with Crippen LogP contribution in [0.2, 0.25) is 0 Å². The summed E-state index contributed by atoms with van der Waals surface area (Å²) in [5.74, 6) is -0.241. The summed E-state index contributed by atoms with van der Waals surface area (Å²) in [4.78, 5) is 11.7. The Balaban J connectivity index is 2.36. The van der Waals surface area contributed by atoms with Crippen molar-refractivity contribution in [2.24, 2.45) is 0 Å². The van der Waals surface area contributed by atoms with Gasteiger partial charge in [0.1, 0.15) is 18.3 Å². The minimum Gasteiger partial charge on any atom is -0.493 e. The maximum absolute atomic E-state index is 11.7. The highest BCUT2D eigenvalue weighted by atomic mass is 16.7. The Morgan fingerprint density at radius 1 is 1.00 bits per heavy atom. The maximum Gasteiger partial charge on any atom is 0.338 e. The second-order valence-corrected chi connectivity index (χ2v) is 5.50. The fourth-order valence-corrected chi connectivity index (χ4v) is 2.46. The van der Waals surface area contributed by atoms with Gasteiger partial charge in [-0.1, -0.05) is 0 Å². The topological polar surface area (TPSA) is 124 Å². The van der Waals surface area contributed by atoms with Gasteiger partial charge in [-0.05, 0) is 19.1 Å². The molecular formula is C16H22O9. The highest BCUT2D eigenvalue weighted by molar-refractivity contribution is 5.91. The lowest BCUT2D eigenvalue weighted by molar-refractivity contribution is -0.268. The summed E-state index contributed by atoms with van der Waals surface area (Å²) in [5, 5.41) is 29.7. The molecule has 0 aromatic heterocycles. The summed E-state index contributed by atoms with van der Waals surface area (Å²) < 4.78 is 26.1. The first-order valence-corrected chi connectivity index (χ1v) is 7.54. The smallest absolute Gasteiger partial charge is 0.338 e. The van der Waals surface area contributed by atoms with Crippen LogP contribution in [-0.2, 0) is 9.47 Å². The van der Waals surface area contributed by atoms with E-state index < -0.39 is 36.7 Å². The molecule has 1 aromatic rings. The lowest BCUT2D eigenvalue weighted by Crippen LogP contribution is -2.58. The Labute approximate surface area is 144 Å². The summed E-state index contributed by atoms with van der Waals surface area (Å²) in [6.45, 7) is 1.53. The molecule has 3 N–H and O–H groups in total. The van der Waals surface area contributed by atoms with Crippen LogP contribution >= 0.6 is 0 Å². The molecule has 0 saturated carbocycles. The van der Waals surface area contributed by atoms with E-state index in [2.05, 4.69) is 4.74 Å². The molecular weight excluding hydrogens is 336 g/mol. The zero-order chi connectivity index (χ0) is 18.7. The standard InChI is InChI=1S/C16H22O9/c1-7-11(17)12(18)13(19)16(24-7)25-14-9(21-2)5-8(15(20)23-4)6-10(14)22-3/h5-7,11-13,16-19H,1-4H3. The monoisotopic (exact) mass is 358 g/mol. The molecule has 25 heavy (non-hydrogen) atoms. The lowest BCUT2D eigenvalue weighted by atomic mass is 10.00. The number of benzene rings is 1. The van der Waals surface area contributed by atoms with E-state index in [1.165, 1.54) is 40.4 Å². The van der Waals surface area contributed by atoms with Crippen LogP contribution in [0.4, 0.5) is 0 Å². The first kappa shape index (κ1) is 19.3. The number of methoxy groups -OCH3 is 3. The van der Waals surface area contributed by atoms with Crippen molar-refractivity contribution < 1.29 is 43.8 Å². The predicted molar refractivity (Wildman–Crippen MR) is 83.9 cm³/mol. The van der Waals surface area contributed by atoms with Gasteiger partial charge in [0, 0.05) is 0 Å². The zero-order valence-corrected chi connectivity index (χ0v) is 14.3. The van der Waals surface area contributed by atoms with Gasteiger partial charge in [0.05, 0.1) is 33.0 Å². The van der Waals surface area contributed by atoms with Crippen LogP contribution in [0.1, 0.15) is 17.3 Å². The minimum absolute atomic E-state index is 0.0671. The lowest BCUT2D eigenvalue weighted by Gasteiger charge is -2.39. The van der Waals surface area contributed by atoms with Crippen molar-refractivity contribution in [3.63, 3.8) is 0 Å². The molecule has 0 spiro atoms. The highest BCUT2D eigenvalue weighted by Crippen LogP contribution is 2.40. The normalized spacial score (nSPS) is 29.0. The van der Waals surface area contributed by atoms with E-state index in [4.69, 9.17) is 18.9 Å². The second kappa shape index (κ2) is 7.87. The van der Waals surface area contributed by atoms with Crippen molar-refractivity contribution in [3.05, 3.63) is 17.7 Å². The van der Waals surface area contributed by atoms with Gasteiger partial charge in [-0.2, -0.15) is 0 Å². The largest absolute Gasteiger partial charge is 0.493 e. The van der Waals surface area contributed by atoms with Crippen molar-refractivity contribution in [3.8, 4) is 17.2 Å². The number of esters is 1. The summed E-state index contributed by atoms with van der Waals surface area (Å²) in [5.41, 5.74) is 0.178. The average Bonchev–Trinajstić information content (AvgIpc) is 2.63. The van der Waals surface area contributed by atoms with Gasteiger partial charge in [0.15, 0.2) is 11.5 Å². The number of carbonyl (C=O) groups is 1. The number of hydrogen-bond donors (Lipinski definition) is 3. The average molecular weight is 358 g/mol. The van der Waals surface area contributed by atoms with Gasteiger partial charge < -0.3 is 39.0 Å². The van der Waals surface area contributed by atoms with E-state index in [0.717, 1.165) is 0 Å². The van der Waals surface area contributed by atoms with Crippen LogP contribution in [0, 0.1) is 0 Å². The van der Waals surface area contributed by atoms with E-state index >= 15 is 0 Å². The third-order valence-corrected chi connectivity index (χ3v) is 3.92. The number of ether oxygens (including phenoxy) is 5. The number of carbonyl (C=O) groups excluding carboxylic acids is 1. The Bertz CT molecular complexity index is 593. The third kappa shape index (κ3) is 3.79. The van der Waals surface area contributed by atoms with E-state index in [-0.39, 0.29) is 22.8 Å². The molecule has 1 aromatic carbocycles. The van der Waals surface area contributed by atoms with Crippen molar-refractivity contribution in [1.82, 2.24) is 0 Å². The zero-order valence-electron chi connectivity index (χ0n) is 14.3. The number of aliphatic hydroxyl groups excluding tert-OH is 3. The summed E-state index contributed by atoms with van der Waals surface area (Å²) >= 11 is 0. The SMILES string of the molecule is COC(=O)c1cc(OC)c(OC2OC(C)C(O)C(O)C2O)c(OC)c1. The first-order valence-electron chi connectivity index (χ1n) is 7.54. The Kier molecular flexibility index (Phi) is 6.07. The van der Waals surface area contributed by atoms with Crippen molar-refractivity contribution in [2.45, 2.75) is 37.6 Å². The predicted octanol–water partition coefficient (Wildman–Crippen LogP) is -0.303. The van der Waals surface area contributed by atoms with E-state index in [1.807, 2.05) is 0 Å². The molecule has 1 aliphatic rings. The quantitative estimate of drug-likeness (QED) is 0.608. The number of rotatable bonds is 5. The molecule has 0 aliphatic carbocycles. The molecule has 5 atom stereocenters. The fraction of sp³-hybridized carbons (Fsp3) is 0.562. The molecule has 0 amide bonds. The van der Waals surface area contributed by atoms with Crippen LogP contribution in [0.25, 0.3) is 0 Å². The number of aliphatic hydroxyl groups is 3. The molecule has 1 fully saturated rings. The molecule has 140 valence electrons. The van der Waals surface area contributed by atoms with Gasteiger partial charge >= 0.3 is 5.97 Å². The Hall–Kier alpha value is -2.07. The molecule has 9 heteroatoms. The molecule has 1 heterocycles. The van der Waals surface area contributed by atoms with Gasteiger partial charge in [-0.3, -0.25) is 0 Å². The minimum atomic E-state index is -1.50. The van der Waals surface area contributed by atoms with Crippen LogP contribution in [-0.4, -0.2) is 73.3 Å². The van der Waals surface area contributed by atoms with Gasteiger partial charge in [-0.15, -0.1) is 0 Å². The third-order valence-electron chi connectivity index (χ3n) is 3.92. The molecule has 2 rings (SSSR count). The van der Waals surface area contributed by atoms with Crippen LogP contribution < -0.4 is 14.2 Å². The van der Waals surface area contributed by atoms with Gasteiger partial charge in [0.25, 0.3) is 0 Å². The van der Waals surface area contributed by atoms with E-state index in [0.29, 0.717) is 0 Å². The van der Waals surface area contributed by atoms with Gasteiger partial charge in [0.2, 0.25) is 12.0 Å². The first-order chi connectivity index (χ1) is 11.8. The van der Waals surface area contributed by atoms with Crippen LogP contribution in [0.5, 0.6) is 17.2 Å². The summed E-state index contributed by atoms with van der Waals surface area (Å²) in [6, 6.07) is 2.77. The molecule has 9 nitrogen and oxygen atoms in total. The molecule has 5 unspecified atom stereocenters. The maximum atomic E-state index is 11.7. The molecule has 1 aliphatic heterocycles. The van der Waals surface area contributed by atoms with E-state index in [1.54, 1.807) is 0 Å². The Morgan fingerprint density at radius 2 is 1.56 bits per heavy atom. The van der Waals surface area contributed by atoms with Crippen molar-refractivity contribution in [1.29, 1.82) is 0 Å². The molecule has 1 saturated heterocycles. The summed E-state index contributed by atoms with van der Waals surface area (Å²) in [7, 11) is 3.97. The molecule has 0 radical (unpaired) electrons. The summed E-state index contributed by atoms with van der Waals surface area (Å²) in [6.07, 6.45) is -6.24. The second-order valence-electron chi connectivity index (χ2n) is 5.50. The Morgan fingerprint density at radius 3 is 2.04 bits per heavy atom. The van der Waals surface area contributed by atoms with Gasteiger partial charge in [-0.25, -0.2) is 4.79 Å². The molecule has 0 bridgehead atoms.